The lowest BCUT2D eigenvalue weighted by atomic mass is 10.1. The van der Waals surface area contributed by atoms with Crippen molar-refractivity contribution in [1.82, 2.24) is 15.1 Å². The van der Waals surface area contributed by atoms with Crippen LogP contribution in [0.15, 0.2) is 0 Å². The zero-order valence-electron chi connectivity index (χ0n) is 10.2. The highest BCUT2D eigenvalue weighted by Gasteiger charge is 2.28. The molecule has 1 atom stereocenters. The van der Waals surface area contributed by atoms with Crippen molar-refractivity contribution < 1.29 is 4.79 Å². The molecule has 0 radical (unpaired) electrons. The molecule has 2 saturated heterocycles. The quantitative estimate of drug-likeness (QED) is 0.740. The molecule has 0 spiro atoms. The summed E-state index contributed by atoms with van der Waals surface area (Å²) in [5, 5.41) is 3.35. The molecule has 0 bridgehead atoms. The molecule has 4 heteroatoms. The van der Waals surface area contributed by atoms with Crippen LogP contribution >= 0.6 is 0 Å². The number of carbonyl (C=O) groups excluding carboxylic acids is 1. The zero-order chi connectivity index (χ0) is 11.4. The Hall–Kier alpha value is -0.610. The maximum atomic E-state index is 11.7. The number of hydrogen-bond donors (Lipinski definition) is 1. The second kappa shape index (κ2) is 5.64. The maximum absolute atomic E-state index is 11.7. The van der Waals surface area contributed by atoms with Crippen molar-refractivity contribution >= 4 is 5.91 Å². The molecule has 16 heavy (non-hydrogen) atoms. The number of rotatable bonds is 4. The molecule has 1 N–H and O–H groups in total. The minimum Gasteiger partial charge on any atom is -0.341 e. The average molecular weight is 225 g/mol. The highest BCUT2D eigenvalue weighted by Crippen LogP contribution is 2.19. The van der Waals surface area contributed by atoms with Crippen molar-refractivity contribution in [2.45, 2.75) is 19.8 Å². The number of likely N-dealkylation sites (tertiary alicyclic amines) is 1. The Morgan fingerprint density at radius 3 is 2.69 bits per heavy atom. The number of amides is 1. The van der Waals surface area contributed by atoms with E-state index in [0.29, 0.717) is 11.8 Å². The average Bonchev–Trinajstić information content (AvgIpc) is 2.69. The molecule has 0 aromatic rings. The van der Waals surface area contributed by atoms with E-state index in [1.54, 1.807) is 0 Å². The number of hydrogen-bond acceptors (Lipinski definition) is 3. The molecule has 1 amide bonds. The van der Waals surface area contributed by atoms with E-state index in [-0.39, 0.29) is 0 Å². The molecule has 4 nitrogen and oxygen atoms in total. The third-order valence-corrected chi connectivity index (χ3v) is 3.77. The standard InChI is InChI=1S/C12H23N3O/c1-2-11-9-12(16)15(10-11)8-7-14-5-3-13-4-6-14/h11,13H,2-10H2,1H3. The van der Waals surface area contributed by atoms with Gasteiger partial charge in [0.1, 0.15) is 0 Å². The first-order valence-corrected chi connectivity index (χ1v) is 6.50. The highest BCUT2D eigenvalue weighted by molar-refractivity contribution is 5.78. The summed E-state index contributed by atoms with van der Waals surface area (Å²) in [4.78, 5) is 16.2. The molecule has 2 aliphatic rings. The van der Waals surface area contributed by atoms with Crippen LogP contribution in [0.5, 0.6) is 0 Å². The van der Waals surface area contributed by atoms with Crippen LogP contribution in [0.2, 0.25) is 0 Å². The Kier molecular flexibility index (Phi) is 4.18. The second-order valence-electron chi connectivity index (χ2n) is 4.91. The van der Waals surface area contributed by atoms with Gasteiger partial charge in [0.2, 0.25) is 5.91 Å². The molecule has 92 valence electrons. The van der Waals surface area contributed by atoms with Crippen LogP contribution in [0, 0.1) is 5.92 Å². The van der Waals surface area contributed by atoms with Crippen LogP contribution in [-0.4, -0.2) is 61.5 Å². The van der Waals surface area contributed by atoms with Gasteiger partial charge in [-0.2, -0.15) is 0 Å². The Labute approximate surface area is 98.0 Å². The first kappa shape index (κ1) is 11.9. The fourth-order valence-electron chi connectivity index (χ4n) is 2.54. The number of carbonyl (C=O) groups is 1. The van der Waals surface area contributed by atoms with Gasteiger partial charge in [-0.1, -0.05) is 13.3 Å². The summed E-state index contributed by atoms with van der Waals surface area (Å²) in [6, 6.07) is 0. The minimum atomic E-state index is 0.363. The normalized spacial score (nSPS) is 27.7. The van der Waals surface area contributed by atoms with Gasteiger partial charge in [-0.15, -0.1) is 0 Å². The van der Waals surface area contributed by atoms with E-state index >= 15 is 0 Å². The fraction of sp³-hybridized carbons (Fsp3) is 0.917. The molecule has 2 heterocycles. The smallest absolute Gasteiger partial charge is 0.222 e. The Balaban J connectivity index is 1.71. The Bertz CT molecular complexity index is 238. The molecule has 0 aliphatic carbocycles. The van der Waals surface area contributed by atoms with Gasteiger partial charge in [0.15, 0.2) is 0 Å². The van der Waals surface area contributed by atoms with E-state index in [4.69, 9.17) is 0 Å². The van der Waals surface area contributed by atoms with Crippen molar-refractivity contribution in [3.05, 3.63) is 0 Å². The van der Waals surface area contributed by atoms with Gasteiger partial charge in [0, 0.05) is 52.2 Å². The maximum Gasteiger partial charge on any atom is 0.222 e. The number of piperazine rings is 1. The summed E-state index contributed by atoms with van der Waals surface area (Å²) in [5.41, 5.74) is 0. The summed E-state index contributed by atoms with van der Waals surface area (Å²) < 4.78 is 0. The predicted octanol–water partition coefficient (Wildman–Crippen LogP) is 0.150. The van der Waals surface area contributed by atoms with E-state index < -0.39 is 0 Å². The van der Waals surface area contributed by atoms with E-state index in [2.05, 4.69) is 22.0 Å². The van der Waals surface area contributed by atoms with Crippen molar-refractivity contribution in [3.8, 4) is 0 Å². The third-order valence-electron chi connectivity index (χ3n) is 3.77. The molecule has 0 aromatic carbocycles. The second-order valence-corrected chi connectivity index (χ2v) is 4.91. The first-order chi connectivity index (χ1) is 7.79. The van der Waals surface area contributed by atoms with Gasteiger partial charge in [0.05, 0.1) is 0 Å². The van der Waals surface area contributed by atoms with Gasteiger partial charge in [0.25, 0.3) is 0 Å². The first-order valence-electron chi connectivity index (χ1n) is 6.50. The predicted molar refractivity (Wildman–Crippen MR) is 64.3 cm³/mol. The lowest BCUT2D eigenvalue weighted by molar-refractivity contribution is -0.127. The van der Waals surface area contributed by atoms with Crippen molar-refractivity contribution in [2.24, 2.45) is 5.92 Å². The summed E-state index contributed by atoms with van der Waals surface area (Å²) in [5.74, 6) is 0.970. The van der Waals surface area contributed by atoms with Crippen molar-refractivity contribution in [3.63, 3.8) is 0 Å². The molecule has 2 aliphatic heterocycles. The van der Waals surface area contributed by atoms with Crippen LogP contribution < -0.4 is 5.32 Å². The Morgan fingerprint density at radius 2 is 2.06 bits per heavy atom. The van der Waals surface area contributed by atoms with Gasteiger partial charge in [-0.3, -0.25) is 9.69 Å². The van der Waals surface area contributed by atoms with Crippen LogP contribution in [0.1, 0.15) is 19.8 Å². The molecular weight excluding hydrogens is 202 g/mol. The van der Waals surface area contributed by atoms with E-state index in [1.807, 2.05) is 0 Å². The SMILES string of the molecule is CCC1CC(=O)N(CCN2CCNCC2)C1. The van der Waals surface area contributed by atoms with Crippen molar-refractivity contribution in [1.29, 1.82) is 0 Å². The third kappa shape index (κ3) is 2.95. The fourth-order valence-corrected chi connectivity index (χ4v) is 2.54. The summed E-state index contributed by atoms with van der Waals surface area (Å²) >= 11 is 0. The van der Waals surface area contributed by atoms with Crippen LogP contribution in [0.3, 0.4) is 0 Å². The molecule has 0 aromatic heterocycles. The van der Waals surface area contributed by atoms with E-state index in [1.165, 1.54) is 0 Å². The lowest BCUT2D eigenvalue weighted by Gasteiger charge is -2.29. The van der Waals surface area contributed by atoms with E-state index in [0.717, 1.165) is 58.7 Å². The van der Waals surface area contributed by atoms with Crippen LogP contribution in [-0.2, 0) is 4.79 Å². The largest absolute Gasteiger partial charge is 0.341 e. The van der Waals surface area contributed by atoms with Crippen LogP contribution in [0.25, 0.3) is 0 Å². The van der Waals surface area contributed by atoms with Gasteiger partial charge in [-0.25, -0.2) is 0 Å². The van der Waals surface area contributed by atoms with E-state index in [9.17, 15) is 4.79 Å². The molecule has 2 rings (SSSR count). The zero-order valence-corrected chi connectivity index (χ0v) is 10.2. The topological polar surface area (TPSA) is 35.6 Å². The number of nitrogens with one attached hydrogen (secondary N) is 1. The lowest BCUT2D eigenvalue weighted by Crippen LogP contribution is -2.46. The van der Waals surface area contributed by atoms with Gasteiger partial charge >= 0.3 is 0 Å². The Morgan fingerprint density at radius 1 is 1.31 bits per heavy atom. The summed E-state index contributed by atoms with van der Waals surface area (Å²) in [6.45, 7) is 9.56. The van der Waals surface area contributed by atoms with Gasteiger partial charge in [-0.05, 0) is 5.92 Å². The monoisotopic (exact) mass is 225 g/mol. The molecule has 0 saturated carbocycles. The van der Waals surface area contributed by atoms with Gasteiger partial charge < -0.3 is 10.2 Å². The molecule has 1 unspecified atom stereocenters. The molecular formula is C12H23N3O. The van der Waals surface area contributed by atoms with Crippen LogP contribution in [0.4, 0.5) is 0 Å². The molecule has 2 fully saturated rings. The highest BCUT2D eigenvalue weighted by atomic mass is 16.2. The summed E-state index contributed by atoms with van der Waals surface area (Å²) in [7, 11) is 0. The van der Waals surface area contributed by atoms with Crippen molar-refractivity contribution in [2.75, 3.05) is 45.8 Å². The summed E-state index contributed by atoms with van der Waals surface area (Å²) in [6.07, 6.45) is 1.91. The minimum absolute atomic E-state index is 0.363. The number of nitrogens with zero attached hydrogens (tertiary/aromatic N) is 2.